The molecular formula is C13H19N5O2S. The highest BCUT2D eigenvalue weighted by atomic mass is 32.2. The van der Waals surface area contributed by atoms with E-state index in [4.69, 9.17) is 0 Å². The van der Waals surface area contributed by atoms with Crippen LogP contribution in [0.25, 0.3) is 0 Å². The van der Waals surface area contributed by atoms with Gasteiger partial charge in [0.2, 0.25) is 10.0 Å². The van der Waals surface area contributed by atoms with Crippen LogP contribution in [0.15, 0.2) is 29.4 Å². The topological polar surface area (TPSA) is 99.8 Å². The van der Waals surface area contributed by atoms with Crippen molar-refractivity contribution >= 4 is 10.0 Å². The molecule has 2 rings (SSSR count). The van der Waals surface area contributed by atoms with Crippen molar-refractivity contribution in [1.29, 1.82) is 0 Å². The van der Waals surface area contributed by atoms with Gasteiger partial charge in [-0.1, -0.05) is 13.0 Å². The fourth-order valence-corrected chi connectivity index (χ4v) is 3.32. The molecule has 0 bridgehead atoms. The number of aromatic nitrogens is 3. The average Bonchev–Trinajstić information content (AvgIpc) is 2.86. The molecule has 0 aromatic carbocycles. The molecule has 0 spiro atoms. The van der Waals surface area contributed by atoms with Crippen molar-refractivity contribution in [3.05, 3.63) is 41.5 Å². The van der Waals surface area contributed by atoms with Crippen LogP contribution in [0.2, 0.25) is 0 Å². The van der Waals surface area contributed by atoms with Gasteiger partial charge in [-0.15, -0.1) is 0 Å². The number of rotatable bonds is 7. The maximum absolute atomic E-state index is 12.5. The van der Waals surface area contributed by atoms with Crippen LogP contribution in [-0.4, -0.2) is 30.1 Å². The molecule has 114 valence electrons. The van der Waals surface area contributed by atoms with Crippen molar-refractivity contribution in [2.45, 2.75) is 31.8 Å². The molecule has 0 atom stereocenters. The minimum Gasteiger partial charge on any atom is -0.311 e. The molecule has 0 amide bonds. The lowest BCUT2D eigenvalue weighted by molar-refractivity contribution is 0.578. The largest absolute Gasteiger partial charge is 0.311 e. The third kappa shape index (κ3) is 3.87. The molecule has 2 heterocycles. The van der Waals surface area contributed by atoms with Gasteiger partial charge in [-0.25, -0.2) is 13.1 Å². The summed E-state index contributed by atoms with van der Waals surface area (Å²) in [6, 6.07) is 3.58. The quantitative estimate of drug-likeness (QED) is 0.699. The van der Waals surface area contributed by atoms with Gasteiger partial charge in [0.05, 0.1) is 11.4 Å². The molecule has 0 aliphatic rings. The number of hydrogen-bond donors (Lipinski definition) is 3. The first kappa shape index (κ1) is 15.6. The smallest absolute Gasteiger partial charge is 0.244 e. The second-order valence-electron chi connectivity index (χ2n) is 4.59. The number of sulfonamides is 1. The Kier molecular flexibility index (Phi) is 5.05. The molecule has 0 radical (unpaired) electrons. The van der Waals surface area contributed by atoms with Crippen LogP contribution in [0, 0.1) is 6.92 Å². The predicted octanol–water partition coefficient (Wildman–Crippen LogP) is 0.701. The SMILES string of the molecule is CCNCc1n[nH]c(C)c1S(=O)(=O)NCc1cccnc1. The van der Waals surface area contributed by atoms with E-state index in [-0.39, 0.29) is 11.4 Å². The summed E-state index contributed by atoms with van der Waals surface area (Å²) in [7, 11) is -3.62. The van der Waals surface area contributed by atoms with E-state index in [1.807, 2.05) is 13.0 Å². The van der Waals surface area contributed by atoms with E-state index < -0.39 is 10.0 Å². The highest BCUT2D eigenvalue weighted by Gasteiger charge is 2.23. The van der Waals surface area contributed by atoms with Gasteiger partial charge in [-0.2, -0.15) is 5.10 Å². The molecule has 2 aromatic heterocycles. The van der Waals surface area contributed by atoms with E-state index in [0.29, 0.717) is 17.9 Å². The average molecular weight is 309 g/mol. The molecule has 8 heteroatoms. The first-order valence-electron chi connectivity index (χ1n) is 6.67. The third-order valence-corrected chi connectivity index (χ3v) is 4.57. The molecule has 2 aromatic rings. The van der Waals surface area contributed by atoms with E-state index in [9.17, 15) is 8.42 Å². The monoisotopic (exact) mass is 309 g/mol. The summed E-state index contributed by atoms with van der Waals surface area (Å²) >= 11 is 0. The highest BCUT2D eigenvalue weighted by Crippen LogP contribution is 2.17. The van der Waals surface area contributed by atoms with E-state index in [0.717, 1.165) is 12.1 Å². The minimum absolute atomic E-state index is 0.196. The second-order valence-corrected chi connectivity index (χ2v) is 6.29. The van der Waals surface area contributed by atoms with Crippen LogP contribution in [0.5, 0.6) is 0 Å². The maximum Gasteiger partial charge on any atom is 0.244 e. The number of H-pyrrole nitrogens is 1. The molecular weight excluding hydrogens is 290 g/mol. The molecule has 0 saturated carbocycles. The molecule has 21 heavy (non-hydrogen) atoms. The Morgan fingerprint density at radius 3 is 2.81 bits per heavy atom. The molecule has 3 N–H and O–H groups in total. The van der Waals surface area contributed by atoms with Crippen molar-refractivity contribution in [1.82, 2.24) is 25.2 Å². The maximum atomic E-state index is 12.5. The normalized spacial score (nSPS) is 11.7. The van der Waals surface area contributed by atoms with Crippen LogP contribution in [-0.2, 0) is 23.1 Å². The van der Waals surface area contributed by atoms with Gasteiger partial charge < -0.3 is 5.32 Å². The minimum atomic E-state index is -3.62. The summed E-state index contributed by atoms with van der Waals surface area (Å²) in [6.45, 7) is 5.00. The first-order valence-corrected chi connectivity index (χ1v) is 8.16. The van der Waals surface area contributed by atoms with Crippen LogP contribution < -0.4 is 10.0 Å². The van der Waals surface area contributed by atoms with E-state index >= 15 is 0 Å². The summed E-state index contributed by atoms with van der Waals surface area (Å²) < 4.78 is 27.5. The Hall–Kier alpha value is -1.77. The second kappa shape index (κ2) is 6.79. The van der Waals surface area contributed by atoms with Crippen molar-refractivity contribution in [3.8, 4) is 0 Å². The van der Waals surface area contributed by atoms with Crippen LogP contribution >= 0.6 is 0 Å². The van der Waals surface area contributed by atoms with Gasteiger partial charge in [0.15, 0.2) is 0 Å². The lowest BCUT2D eigenvalue weighted by atomic mass is 10.3. The molecule has 0 aliphatic heterocycles. The summed E-state index contributed by atoms with van der Waals surface area (Å²) in [4.78, 5) is 4.18. The summed E-state index contributed by atoms with van der Waals surface area (Å²) in [5.41, 5.74) is 1.82. The standard InChI is InChI=1S/C13H19N5O2S/c1-3-14-9-12-13(10(2)17-18-12)21(19,20)16-8-11-5-4-6-15-7-11/h4-7,14,16H,3,8-9H2,1-2H3,(H,17,18). The lowest BCUT2D eigenvalue weighted by Crippen LogP contribution is -2.25. The number of aryl methyl sites for hydroxylation is 1. The van der Waals surface area contributed by atoms with E-state index in [1.165, 1.54) is 0 Å². The van der Waals surface area contributed by atoms with Crippen molar-refractivity contribution < 1.29 is 8.42 Å². The van der Waals surface area contributed by atoms with Gasteiger partial charge >= 0.3 is 0 Å². The van der Waals surface area contributed by atoms with E-state index in [2.05, 4.69) is 25.2 Å². The number of nitrogens with one attached hydrogen (secondary N) is 3. The van der Waals surface area contributed by atoms with Gasteiger partial charge in [0.1, 0.15) is 4.90 Å². The lowest BCUT2D eigenvalue weighted by Gasteiger charge is -2.08. The van der Waals surface area contributed by atoms with Crippen molar-refractivity contribution in [2.75, 3.05) is 6.54 Å². The van der Waals surface area contributed by atoms with Gasteiger partial charge in [0, 0.05) is 25.5 Å². The van der Waals surface area contributed by atoms with E-state index in [1.54, 1.807) is 25.4 Å². The van der Waals surface area contributed by atoms with Crippen molar-refractivity contribution in [2.24, 2.45) is 0 Å². The van der Waals surface area contributed by atoms with Gasteiger partial charge in [0.25, 0.3) is 0 Å². The first-order chi connectivity index (χ1) is 10.0. The fourth-order valence-electron chi connectivity index (χ4n) is 1.94. The number of pyridine rings is 1. The Labute approximate surface area is 124 Å². The van der Waals surface area contributed by atoms with Crippen molar-refractivity contribution in [3.63, 3.8) is 0 Å². The van der Waals surface area contributed by atoms with Gasteiger partial charge in [-0.3, -0.25) is 10.1 Å². The summed E-state index contributed by atoms with van der Waals surface area (Å²) in [6.07, 6.45) is 3.27. The number of aromatic amines is 1. The molecule has 7 nitrogen and oxygen atoms in total. The Morgan fingerprint density at radius 2 is 2.14 bits per heavy atom. The van der Waals surface area contributed by atoms with Gasteiger partial charge in [-0.05, 0) is 25.1 Å². The zero-order valence-electron chi connectivity index (χ0n) is 12.0. The third-order valence-electron chi connectivity index (χ3n) is 2.96. The number of nitrogens with zero attached hydrogens (tertiary/aromatic N) is 2. The van der Waals surface area contributed by atoms with Crippen LogP contribution in [0.4, 0.5) is 0 Å². The number of hydrogen-bond acceptors (Lipinski definition) is 5. The molecule has 0 saturated heterocycles. The molecule has 0 aliphatic carbocycles. The predicted molar refractivity (Wildman–Crippen MR) is 79.0 cm³/mol. The molecule has 0 unspecified atom stereocenters. The van der Waals surface area contributed by atoms with Crippen LogP contribution in [0.3, 0.4) is 0 Å². The molecule has 0 fully saturated rings. The fraction of sp³-hybridized carbons (Fsp3) is 0.385. The Balaban J connectivity index is 2.17. The van der Waals surface area contributed by atoms with Crippen LogP contribution in [0.1, 0.15) is 23.9 Å². The highest BCUT2D eigenvalue weighted by molar-refractivity contribution is 7.89. The summed E-state index contributed by atoms with van der Waals surface area (Å²) in [5.74, 6) is 0. The summed E-state index contributed by atoms with van der Waals surface area (Å²) in [5, 5.41) is 9.86. The Morgan fingerprint density at radius 1 is 1.33 bits per heavy atom. The zero-order chi connectivity index (χ0) is 15.3. The Bertz CT molecular complexity index is 682. The zero-order valence-corrected chi connectivity index (χ0v) is 12.9.